The molecule has 1 aromatic heterocycles. The lowest BCUT2D eigenvalue weighted by atomic mass is 10.3. The summed E-state index contributed by atoms with van der Waals surface area (Å²) in [4.78, 5) is 11.4. The Kier molecular flexibility index (Phi) is 5.55. The molecule has 6 nitrogen and oxygen atoms in total. The highest BCUT2D eigenvalue weighted by atomic mass is 32.2. The van der Waals surface area contributed by atoms with Gasteiger partial charge < -0.3 is 9.73 Å². The smallest absolute Gasteiger partial charge is 0.261 e. The third-order valence-corrected chi connectivity index (χ3v) is 4.93. The van der Waals surface area contributed by atoms with Gasteiger partial charge in [-0.05, 0) is 60.7 Å². The predicted octanol–water partition coefficient (Wildman–Crippen LogP) is 4.01. The van der Waals surface area contributed by atoms with E-state index in [4.69, 9.17) is 4.42 Å². The Balaban J connectivity index is 1.65. The summed E-state index contributed by atoms with van der Waals surface area (Å²) in [6.45, 7) is 0. The van der Waals surface area contributed by atoms with Crippen LogP contribution in [0.1, 0.15) is 5.76 Å². The van der Waals surface area contributed by atoms with Gasteiger partial charge in [-0.2, -0.15) is 0 Å². The lowest BCUT2D eigenvalue weighted by molar-refractivity contribution is -0.111. The van der Waals surface area contributed by atoms with Crippen LogP contribution in [0.2, 0.25) is 0 Å². The van der Waals surface area contributed by atoms with Crippen molar-refractivity contribution in [1.82, 2.24) is 0 Å². The van der Waals surface area contributed by atoms with E-state index in [1.165, 1.54) is 42.7 Å². The molecule has 0 aliphatic heterocycles. The monoisotopic (exact) mass is 404 g/mol. The van der Waals surface area contributed by atoms with E-state index in [9.17, 15) is 22.0 Å². The molecule has 1 amide bonds. The molecule has 0 aliphatic carbocycles. The summed E-state index contributed by atoms with van der Waals surface area (Å²) in [5.41, 5.74) is 0.624. The molecular formula is C19H14F2N2O4S. The minimum absolute atomic E-state index is 0.189. The fourth-order valence-electron chi connectivity index (χ4n) is 2.21. The highest BCUT2D eigenvalue weighted by Crippen LogP contribution is 2.20. The second kappa shape index (κ2) is 8.05. The molecule has 0 spiro atoms. The van der Waals surface area contributed by atoms with Crippen LogP contribution in [0.3, 0.4) is 0 Å². The molecule has 0 unspecified atom stereocenters. The zero-order valence-corrected chi connectivity index (χ0v) is 15.0. The van der Waals surface area contributed by atoms with E-state index >= 15 is 0 Å². The van der Waals surface area contributed by atoms with Crippen LogP contribution in [-0.4, -0.2) is 14.3 Å². The summed E-state index contributed by atoms with van der Waals surface area (Å²) in [6, 6.07) is 11.5. The molecular weight excluding hydrogens is 390 g/mol. The fourth-order valence-corrected chi connectivity index (χ4v) is 3.28. The zero-order chi connectivity index (χ0) is 20.1. The number of halogens is 2. The molecule has 0 saturated heterocycles. The number of carbonyl (C=O) groups excluding carboxylic acids is 1. The van der Waals surface area contributed by atoms with Gasteiger partial charge in [0.2, 0.25) is 5.91 Å². The molecule has 0 radical (unpaired) electrons. The average molecular weight is 404 g/mol. The summed E-state index contributed by atoms with van der Waals surface area (Å²) < 4.78 is 58.0. The molecule has 0 aliphatic rings. The number of benzene rings is 2. The van der Waals surface area contributed by atoms with E-state index in [1.54, 1.807) is 12.1 Å². The van der Waals surface area contributed by atoms with Crippen LogP contribution in [0.15, 0.2) is 76.2 Å². The minimum atomic E-state index is -4.09. The van der Waals surface area contributed by atoms with Crippen LogP contribution in [0.4, 0.5) is 20.2 Å². The van der Waals surface area contributed by atoms with Gasteiger partial charge in [0.25, 0.3) is 10.0 Å². The molecule has 2 N–H and O–H groups in total. The van der Waals surface area contributed by atoms with E-state index in [0.717, 1.165) is 12.1 Å². The van der Waals surface area contributed by atoms with Crippen molar-refractivity contribution in [2.45, 2.75) is 4.90 Å². The van der Waals surface area contributed by atoms with Crippen LogP contribution in [0.25, 0.3) is 6.08 Å². The molecule has 3 rings (SSSR count). The maximum atomic E-state index is 13.3. The molecule has 2 aromatic carbocycles. The number of carbonyl (C=O) groups is 1. The normalized spacial score (nSPS) is 11.5. The Hall–Kier alpha value is -3.46. The van der Waals surface area contributed by atoms with Gasteiger partial charge in [0.1, 0.15) is 5.76 Å². The maximum Gasteiger partial charge on any atom is 0.261 e. The summed E-state index contributed by atoms with van der Waals surface area (Å²) in [5, 5.41) is 2.60. The lowest BCUT2D eigenvalue weighted by Gasteiger charge is -2.09. The molecule has 1 heterocycles. The zero-order valence-electron chi connectivity index (χ0n) is 14.2. The molecule has 3 aromatic rings. The number of hydrogen-bond donors (Lipinski definition) is 2. The number of rotatable bonds is 6. The van der Waals surface area contributed by atoms with Crippen LogP contribution in [0.5, 0.6) is 0 Å². The molecule has 0 atom stereocenters. The Morgan fingerprint density at radius 1 is 0.964 bits per heavy atom. The fraction of sp³-hybridized carbons (Fsp3) is 0. The summed E-state index contributed by atoms with van der Waals surface area (Å²) in [6.07, 6.45) is 4.27. The molecule has 9 heteroatoms. The Bertz CT molecular complexity index is 1110. The first-order chi connectivity index (χ1) is 13.3. The highest BCUT2D eigenvalue weighted by Gasteiger charge is 2.16. The van der Waals surface area contributed by atoms with Gasteiger partial charge in [0.05, 0.1) is 11.2 Å². The largest absolute Gasteiger partial charge is 0.465 e. The van der Waals surface area contributed by atoms with Crippen molar-refractivity contribution < 1.29 is 26.4 Å². The third kappa shape index (κ3) is 4.83. The molecule has 0 fully saturated rings. The lowest BCUT2D eigenvalue weighted by Crippen LogP contribution is -2.13. The SMILES string of the molecule is O=C(C=Cc1ccco1)Nc1ccc(NS(=O)(=O)c2ccc(F)c(F)c2)cc1. The van der Waals surface area contributed by atoms with Crippen molar-refractivity contribution >= 4 is 33.4 Å². The van der Waals surface area contributed by atoms with Gasteiger partial charge in [-0.1, -0.05) is 0 Å². The van der Waals surface area contributed by atoms with Crippen molar-refractivity contribution in [2.75, 3.05) is 10.0 Å². The highest BCUT2D eigenvalue weighted by molar-refractivity contribution is 7.92. The third-order valence-electron chi connectivity index (χ3n) is 3.55. The number of sulfonamides is 1. The topological polar surface area (TPSA) is 88.4 Å². The average Bonchev–Trinajstić information content (AvgIpc) is 3.17. The first kappa shape index (κ1) is 19.3. The first-order valence-electron chi connectivity index (χ1n) is 7.94. The Labute approximate surface area is 159 Å². The summed E-state index contributed by atoms with van der Waals surface area (Å²) in [7, 11) is -4.09. The second-order valence-corrected chi connectivity index (χ2v) is 7.28. The van der Waals surface area contributed by atoms with Crippen LogP contribution in [-0.2, 0) is 14.8 Å². The van der Waals surface area contributed by atoms with Gasteiger partial charge >= 0.3 is 0 Å². The number of nitrogens with one attached hydrogen (secondary N) is 2. The standard InChI is InChI=1S/C19H14F2N2O4S/c20-17-9-8-16(12-18(17)21)28(25,26)23-14-5-3-13(4-6-14)22-19(24)10-7-15-2-1-11-27-15/h1-12,23H,(H,22,24). The van der Waals surface area contributed by atoms with Crippen LogP contribution >= 0.6 is 0 Å². The number of anilines is 2. The molecule has 28 heavy (non-hydrogen) atoms. The van der Waals surface area contributed by atoms with E-state index in [2.05, 4.69) is 10.0 Å². The van der Waals surface area contributed by atoms with Gasteiger partial charge in [0, 0.05) is 17.5 Å². The maximum absolute atomic E-state index is 13.3. The van der Waals surface area contributed by atoms with Crippen LogP contribution < -0.4 is 10.0 Å². The van der Waals surface area contributed by atoms with Gasteiger partial charge in [0.15, 0.2) is 11.6 Å². The Morgan fingerprint density at radius 2 is 1.68 bits per heavy atom. The predicted molar refractivity (Wildman–Crippen MR) is 100.0 cm³/mol. The molecule has 0 saturated carbocycles. The van der Waals surface area contributed by atoms with Crippen molar-refractivity contribution in [2.24, 2.45) is 0 Å². The van der Waals surface area contributed by atoms with E-state index in [0.29, 0.717) is 17.5 Å². The van der Waals surface area contributed by atoms with Crippen LogP contribution in [0, 0.1) is 11.6 Å². The van der Waals surface area contributed by atoms with Crippen molar-refractivity contribution in [1.29, 1.82) is 0 Å². The molecule has 0 bridgehead atoms. The Morgan fingerprint density at radius 3 is 2.32 bits per heavy atom. The van der Waals surface area contributed by atoms with Crippen molar-refractivity contribution in [3.8, 4) is 0 Å². The van der Waals surface area contributed by atoms with Gasteiger partial charge in [-0.25, -0.2) is 17.2 Å². The van der Waals surface area contributed by atoms with E-state index in [1.807, 2.05) is 0 Å². The van der Waals surface area contributed by atoms with Gasteiger partial charge in [-0.15, -0.1) is 0 Å². The first-order valence-corrected chi connectivity index (χ1v) is 9.42. The number of furan rings is 1. The summed E-state index contributed by atoms with van der Waals surface area (Å²) >= 11 is 0. The van der Waals surface area contributed by atoms with E-state index < -0.39 is 32.5 Å². The number of hydrogen-bond acceptors (Lipinski definition) is 4. The molecule has 144 valence electrons. The van der Waals surface area contributed by atoms with E-state index in [-0.39, 0.29) is 5.69 Å². The quantitative estimate of drug-likeness (QED) is 0.608. The van der Waals surface area contributed by atoms with Crippen molar-refractivity contribution in [3.05, 3.63) is 84.3 Å². The van der Waals surface area contributed by atoms with Crippen molar-refractivity contribution in [3.63, 3.8) is 0 Å². The summed E-state index contributed by atoms with van der Waals surface area (Å²) in [5.74, 6) is -2.27. The second-order valence-electron chi connectivity index (χ2n) is 5.60. The minimum Gasteiger partial charge on any atom is -0.465 e. The van der Waals surface area contributed by atoms with Gasteiger partial charge in [-0.3, -0.25) is 9.52 Å². The number of amides is 1.